The average molecular weight is 1070 g/mol. The first-order valence-electron chi connectivity index (χ1n) is 29.4. The van der Waals surface area contributed by atoms with E-state index in [9.17, 15) is 0 Å². The molecule has 0 fully saturated rings. The lowest BCUT2D eigenvalue weighted by atomic mass is 9.69. The first-order chi connectivity index (χ1) is 39.2. The van der Waals surface area contributed by atoms with Gasteiger partial charge in [-0.3, -0.25) is 0 Å². The van der Waals surface area contributed by atoms with Crippen molar-refractivity contribution in [2.75, 3.05) is 9.80 Å². The summed E-state index contributed by atoms with van der Waals surface area (Å²) in [5.41, 5.74) is 23.2. The second-order valence-corrected chi connectivity index (χ2v) is 27.4. The van der Waals surface area contributed by atoms with Gasteiger partial charge in [0.2, 0.25) is 0 Å². The zero-order valence-electron chi connectivity index (χ0n) is 49.6. The fourth-order valence-corrected chi connectivity index (χ4v) is 13.7. The third-order valence-corrected chi connectivity index (χ3v) is 18.1. The van der Waals surface area contributed by atoms with E-state index in [1.54, 1.807) is 0 Å². The van der Waals surface area contributed by atoms with Gasteiger partial charge in [-0.15, -0.1) is 0 Å². The van der Waals surface area contributed by atoms with Crippen molar-refractivity contribution in [3.05, 3.63) is 263 Å². The van der Waals surface area contributed by atoms with Crippen LogP contribution >= 0.6 is 0 Å². The number of benzene rings is 11. The highest BCUT2D eigenvalue weighted by Crippen LogP contribution is 2.67. The Morgan fingerprint density at radius 1 is 0.329 bits per heavy atom. The summed E-state index contributed by atoms with van der Waals surface area (Å²) in [6.45, 7) is 27.5. The van der Waals surface area contributed by atoms with Crippen LogP contribution in [0, 0.1) is 0 Å². The number of hydrogen-bond acceptors (Lipinski definition) is 3. The van der Waals surface area contributed by atoms with Crippen LogP contribution in [-0.4, -0.2) is 0 Å². The van der Waals surface area contributed by atoms with E-state index in [2.05, 4.69) is 311 Å². The van der Waals surface area contributed by atoms with Gasteiger partial charge >= 0.3 is 0 Å². The molecule has 3 nitrogen and oxygen atoms in total. The smallest absolute Gasteiger partial charge is 0.143 e. The van der Waals surface area contributed by atoms with Crippen molar-refractivity contribution in [1.29, 1.82) is 0 Å². The Morgan fingerprint density at radius 3 is 1.26 bits per heavy atom. The molecule has 404 valence electrons. The fourth-order valence-electron chi connectivity index (χ4n) is 13.7. The van der Waals surface area contributed by atoms with Gasteiger partial charge in [-0.2, -0.15) is 0 Å². The van der Waals surface area contributed by atoms with Crippen molar-refractivity contribution < 1.29 is 4.42 Å². The van der Waals surface area contributed by atoms with Crippen molar-refractivity contribution in [1.82, 2.24) is 0 Å². The number of furan rings is 1. The molecule has 3 heteroatoms. The van der Waals surface area contributed by atoms with Crippen molar-refractivity contribution >= 4 is 77.6 Å². The first kappa shape index (κ1) is 51.5. The Hall–Kier alpha value is -8.66. The van der Waals surface area contributed by atoms with Crippen LogP contribution in [0.5, 0.6) is 0 Å². The van der Waals surface area contributed by atoms with Crippen molar-refractivity contribution in [2.24, 2.45) is 0 Å². The zero-order valence-corrected chi connectivity index (χ0v) is 49.6. The van der Waals surface area contributed by atoms with E-state index in [-0.39, 0.29) is 21.7 Å². The first-order valence-corrected chi connectivity index (χ1v) is 29.4. The van der Waals surface area contributed by atoms with Crippen LogP contribution in [0.15, 0.2) is 223 Å². The van der Waals surface area contributed by atoms with Crippen LogP contribution in [-0.2, 0) is 27.1 Å². The molecule has 0 aliphatic heterocycles. The molecule has 14 rings (SSSR count). The summed E-state index contributed by atoms with van der Waals surface area (Å²) in [6.07, 6.45) is 0. The Kier molecular flexibility index (Phi) is 11.4. The van der Waals surface area contributed by atoms with Gasteiger partial charge in [0, 0.05) is 50.0 Å². The van der Waals surface area contributed by atoms with Gasteiger partial charge in [0.05, 0.1) is 11.1 Å². The number of para-hydroxylation sites is 1. The van der Waals surface area contributed by atoms with E-state index in [0.29, 0.717) is 0 Å². The van der Waals surface area contributed by atoms with Crippen LogP contribution < -0.4 is 9.80 Å². The summed E-state index contributed by atoms with van der Waals surface area (Å²) in [7, 11) is 0. The lowest BCUT2D eigenvalue weighted by Gasteiger charge is -2.34. The van der Waals surface area contributed by atoms with Gasteiger partial charge in [0.25, 0.3) is 0 Å². The zero-order chi connectivity index (χ0) is 56.8. The van der Waals surface area contributed by atoms with Crippen LogP contribution in [0.4, 0.5) is 34.1 Å². The predicted octanol–water partition coefficient (Wildman–Crippen LogP) is 22.4. The molecule has 2 aliphatic carbocycles. The Balaban J connectivity index is 1.09. The maximum Gasteiger partial charge on any atom is 0.143 e. The monoisotopic (exact) mass is 1060 g/mol. The summed E-state index contributed by atoms with van der Waals surface area (Å²) in [5.74, 6) is 0. The fraction of sp³-hybridized carbons (Fsp3) is 0.215. The molecule has 0 radical (unpaired) electrons. The quantitative estimate of drug-likeness (QED) is 0.165. The Bertz CT molecular complexity index is 4350. The average Bonchev–Trinajstić information content (AvgIpc) is 2.13. The van der Waals surface area contributed by atoms with Gasteiger partial charge in [-0.25, -0.2) is 0 Å². The van der Waals surface area contributed by atoms with Crippen LogP contribution in [0.25, 0.3) is 65.7 Å². The highest BCUT2D eigenvalue weighted by atomic mass is 16.3. The molecule has 0 bridgehead atoms. The van der Waals surface area contributed by atoms with Crippen molar-refractivity contribution in [3.8, 4) is 22.3 Å². The van der Waals surface area contributed by atoms with E-state index in [1.807, 2.05) is 0 Å². The number of rotatable bonds is 6. The summed E-state index contributed by atoms with van der Waals surface area (Å²) in [6, 6.07) is 83.3. The predicted molar refractivity (Wildman–Crippen MR) is 349 cm³/mol. The second kappa shape index (κ2) is 18.2. The lowest BCUT2D eigenvalue weighted by Crippen LogP contribution is -2.26. The maximum atomic E-state index is 7.29. The third kappa shape index (κ3) is 7.90. The second-order valence-electron chi connectivity index (χ2n) is 27.4. The van der Waals surface area contributed by atoms with E-state index < -0.39 is 5.41 Å². The summed E-state index contributed by atoms with van der Waals surface area (Å²) in [5, 5.41) is 6.91. The standard InChI is InChI=1S/C79H72N2O/c1-75(2,3)50-26-34-54(35-27-50)80(55-36-28-51(29-37-55)76(4,5)6)58-42-44-59-49(47-58)25-43-65-71-68(79(73(59)65)66-22-16-13-19-60(66)61-20-14-17-23-67(61)79)48-69(64-46-45-63-62-21-15-18-24-70(62)82-74(63)72(64)71)81(56-38-30-52(31-39-56)77(7,8)9)57-40-32-53(33-41-57)78(10,11)12/h13-48H,1-12H3. The largest absolute Gasteiger partial charge is 0.455 e. The van der Waals surface area contributed by atoms with Gasteiger partial charge in [0.15, 0.2) is 0 Å². The molecule has 12 aromatic rings. The molecule has 0 N–H and O–H groups in total. The topological polar surface area (TPSA) is 19.6 Å². The molecule has 0 saturated carbocycles. The van der Waals surface area contributed by atoms with Crippen LogP contribution in [0.2, 0.25) is 0 Å². The molecule has 1 aromatic heterocycles. The number of nitrogens with zero attached hydrogens (tertiary/aromatic N) is 2. The van der Waals surface area contributed by atoms with Gasteiger partial charge in [-0.05, 0) is 178 Å². The Morgan fingerprint density at radius 2 is 0.756 bits per heavy atom. The summed E-state index contributed by atoms with van der Waals surface area (Å²) in [4.78, 5) is 4.95. The molecule has 0 unspecified atom stereocenters. The third-order valence-electron chi connectivity index (χ3n) is 18.1. The van der Waals surface area contributed by atoms with Gasteiger partial charge in [0.1, 0.15) is 11.2 Å². The minimum Gasteiger partial charge on any atom is -0.455 e. The molecule has 0 saturated heterocycles. The molecule has 11 aromatic carbocycles. The van der Waals surface area contributed by atoms with E-state index in [1.165, 1.54) is 77.5 Å². The lowest BCUT2D eigenvalue weighted by molar-refractivity contribution is 0.590. The molecular formula is C79H72N2O. The minimum absolute atomic E-state index is 0.0104. The molecule has 1 heterocycles. The Labute approximate surface area is 484 Å². The van der Waals surface area contributed by atoms with E-state index >= 15 is 0 Å². The molecular weight excluding hydrogens is 993 g/mol. The molecule has 2 aliphatic rings. The number of fused-ring (bicyclic) bond motifs is 18. The molecule has 82 heavy (non-hydrogen) atoms. The van der Waals surface area contributed by atoms with Gasteiger partial charge in [-0.1, -0.05) is 223 Å². The molecule has 1 spiro atoms. The minimum atomic E-state index is -0.709. The van der Waals surface area contributed by atoms with E-state index in [4.69, 9.17) is 4.42 Å². The normalized spacial score (nSPS) is 13.7. The van der Waals surface area contributed by atoms with Crippen molar-refractivity contribution in [3.63, 3.8) is 0 Å². The van der Waals surface area contributed by atoms with E-state index in [0.717, 1.165) is 66.8 Å². The summed E-state index contributed by atoms with van der Waals surface area (Å²) < 4.78 is 7.29. The van der Waals surface area contributed by atoms with Crippen molar-refractivity contribution in [2.45, 2.75) is 110 Å². The van der Waals surface area contributed by atoms with Crippen LogP contribution in [0.3, 0.4) is 0 Å². The highest BCUT2D eigenvalue weighted by molar-refractivity contribution is 6.25. The number of hydrogen-bond donors (Lipinski definition) is 0. The van der Waals surface area contributed by atoms with Crippen LogP contribution in [0.1, 0.15) is 128 Å². The maximum absolute atomic E-state index is 7.29. The SMILES string of the molecule is CC(C)(C)c1ccc(N(c2ccc(C(C)(C)C)cc2)c2ccc3c4c(ccc3c2)-c2c(cc(N(c3ccc(C(C)(C)C)cc3)c3ccc(C(C)(C)C)cc3)c3ccc5c6ccccc6oc5c23)C42c3ccccc3-c3ccccc32)cc1. The molecule has 0 amide bonds. The molecule has 0 atom stereocenters. The highest BCUT2D eigenvalue weighted by Gasteiger charge is 2.53. The summed E-state index contributed by atoms with van der Waals surface area (Å²) >= 11 is 0. The van der Waals surface area contributed by atoms with Gasteiger partial charge < -0.3 is 14.2 Å². The number of anilines is 6.